The Morgan fingerprint density at radius 3 is 2.84 bits per heavy atom. The molecule has 1 aromatic carbocycles. The van der Waals surface area contributed by atoms with Crippen LogP contribution in [-0.4, -0.2) is 26.0 Å². The fourth-order valence-corrected chi connectivity index (χ4v) is 2.07. The zero-order valence-corrected chi connectivity index (χ0v) is 11.2. The molecule has 0 aliphatic rings. The van der Waals surface area contributed by atoms with Crippen molar-refractivity contribution in [1.82, 2.24) is 14.8 Å². The summed E-state index contributed by atoms with van der Waals surface area (Å²) in [4.78, 5) is 11.8. The molecule has 0 fully saturated rings. The number of halogens is 1. The number of hydrogen-bond acceptors (Lipinski definition) is 5. The number of para-hydroxylation sites is 1. The lowest BCUT2D eigenvalue weighted by Gasteiger charge is -2.10. The lowest BCUT2D eigenvalue weighted by atomic mass is 10.3. The molecule has 100 valence electrons. The van der Waals surface area contributed by atoms with Crippen LogP contribution in [-0.2, 0) is 11.8 Å². The number of nitrogens with zero attached hydrogens (tertiary/aromatic N) is 3. The maximum atomic E-state index is 13.3. The monoisotopic (exact) mass is 281 g/mol. The molecule has 0 saturated carbocycles. The quantitative estimate of drug-likeness (QED) is 0.487. The molecule has 2 aromatic rings. The first-order valence-electron chi connectivity index (χ1n) is 5.55. The molecule has 1 atom stereocenters. The lowest BCUT2D eigenvalue weighted by Crippen LogP contribution is -2.20. The van der Waals surface area contributed by atoms with Gasteiger partial charge in [0.1, 0.15) is 11.6 Å². The summed E-state index contributed by atoms with van der Waals surface area (Å²) >= 11 is 1.20. The first-order chi connectivity index (χ1) is 9.08. The number of hydrogen-bond donors (Lipinski definition) is 0. The van der Waals surface area contributed by atoms with Crippen LogP contribution < -0.4 is 4.74 Å². The van der Waals surface area contributed by atoms with Gasteiger partial charge in [0, 0.05) is 7.05 Å². The highest BCUT2D eigenvalue weighted by Gasteiger charge is 2.20. The van der Waals surface area contributed by atoms with E-state index in [9.17, 15) is 9.18 Å². The van der Waals surface area contributed by atoms with Gasteiger partial charge in [-0.05, 0) is 19.1 Å². The van der Waals surface area contributed by atoms with Crippen LogP contribution in [0, 0.1) is 5.82 Å². The summed E-state index contributed by atoms with van der Waals surface area (Å²) < 4.78 is 20.0. The zero-order valence-electron chi connectivity index (χ0n) is 10.4. The van der Waals surface area contributed by atoms with E-state index in [0.717, 1.165) is 0 Å². The van der Waals surface area contributed by atoms with Crippen molar-refractivity contribution in [3.8, 4) is 5.75 Å². The Morgan fingerprint density at radius 1 is 1.47 bits per heavy atom. The number of carbonyl (C=O) groups excluding carboxylic acids is 1. The minimum absolute atomic E-state index is 0.0714. The highest BCUT2D eigenvalue weighted by molar-refractivity contribution is 8.00. The first kappa shape index (κ1) is 13.5. The highest BCUT2D eigenvalue weighted by Crippen LogP contribution is 2.23. The van der Waals surface area contributed by atoms with Gasteiger partial charge in [0.05, 0.1) is 0 Å². The Kier molecular flexibility index (Phi) is 4.16. The summed E-state index contributed by atoms with van der Waals surface area (Å²) in [6.07, 6.45) is 1.54. The van der Waals surface area contributed by atoms with Gasteiger partial charge in [0.15, 0.2) is 16.7 Å². The summed E-state index contributed by atoms with van der Waals surface area (Å²) in [5, 5.41) is 7.65. The minimum Gasteiger partial charge on any atom is -0.423 e. The number of aromatic nitrogens is 3. The van der Waals surface area contributed by atoms with E-state index in [4.69, 9.17) is 4.74 Å². The molecule has 0 N–H and O–H groups in total. The van der Waals surface area contributed by atoms with E-state index in [1.165, 1.54) is 36.3 Å². The topological polar surface area (TPSA) is 57.0 Å². The van der Waals surface area contributed by atoms with Crippen LogP contribution >= 0.6 is 11.8 Å². The van der Waals surface area contributed by atoms with Gasteiger partial charge in [-0.25, -0.2) is 4.39 Å². The fourth-order valence-electron chi connectivity index (χ4n) is 1.30. The summed E-state index contributed by atoms with van der Waals surface area (Å²) in [5.74, 6) is -1.16. The second kappa shape index (κ2) is 5.83. The normalized spacial score (nSPS) is 12.2. The second-order valence-corrected chi connectivity index (χ2v) is 5.14. The average Bonchev–Trinajstić information content (AvgIpc) is 2.78. The molecular weight excluding hydrogens is 269 g/mol. The Labute approximate surface area is 113 Å². The van der Waals surface area contributed by atoms with Gasteiger partial charge < -0.3 is 9.30 Å². The van der Waals surface area contributed by atoms with Crippen molar-refractivity contribution in [3.05, 3.63) is 36.4 Å². The van der Waals surface area contributed by atoms with E-state index in [2.05, 4.69) is 10.2 Å². The highest BCUT2D eigenvalue weighted by atomic mass is 32.2. The Balaban J connectivity index is 2.00. The fraction of sp³-hybridized carbons (Fsp3) is 0.250. The minimum atomic E-state index is -0.563. The zero-order chi connectivity index (χ0) is 13.8. The molecule has 0 amide bonds. The van der Waals surface area contributed by atoms with E-state index in [-0.39, 0.29) is 5.75 Å². The van der Waals surface area contributed by atoms with Crippen LogP contribution in [0.1, 0.15) is 6.92 Å². The van der Waals surface area contributed by atoms with E-state index >= 15 is 0 Å². The Bertz CT molecular complexity index is 588. The van der Waals surface area contributed by atoms with E-state index in [0.29, 0.717) is 5.16 Å². The van der Waals surface area contributed by atoms with Gasteiger partial charge in [-0.2, -0.15) is 0 Å². The Hall–Kier alpha value is -1.89. The number of carbonyl (C=O) groups is 1. The van der Waals surface area contributed by atoms with E-state index in [1.54, 1.807) is 24.6 Å². The molecule has 7 heteroatoms. The van der Waals surface area contributed by atoms with Crippen molar-refractivity contribution in [2.45, 2.75) is 17.3 Å². The summed E-state index contributed by atoms with van der Waals surface area (Å²) in [7, 11) is 1.78. The number of ether oxygens (including phenoxy) is 1. The van der Waals surface area contributed by atoms with Gasteiger partial charge in [0.2, 0.25) is 0 Å². The number of benzene rings is 1. The molecule has 0 aliphatic heterocycles. The molecule has 2 rings (SSSR count). The maximum Gasteiger partial charge on any atom is 0.324 e. The van der Waals surface area contributed by atoms with Crippen molar-refractivity contribution in [2.75, 3.05) is 0 Å². The molecule has 19 heavy (non-hydrogen) atoms. The SMILES string of the molecule is CC(Sc1nncn1C)C(=O)Oc1ccccc1F. The van der Waals surface area contributed by atoms with E-state index < -0.39 is 17.0 Å². The predicted molar refractivity (Wildman–Crippen MR) is 68.4 cm³/mol. The van der Waals surface area contributed by atoms with Crippen molar-refractivity contribution in [2.24, 2.45) is 7.05 Å². The van der Waals surface area contributed by atoms with Crippen LogP contribution in [0.2, 0.25) is 0 Å². The van der Waals surface area contributed by atoms with E-state index in [1.807, 2.05) is 0 Å². The van der Waals surface area contributed by atoms with Crippen molar-refractivity contribution in [3.63, 3.8) is 0 Å². The molecule has 5 nitrogen and oxygen atoms in total. The standard InChI is InChI=1S/C12H12FN3O2S/c1-8(19-12-15-14-7-16(12)2)11(17)18-10-6-4-3-5-9(10)13/h3-8H,1-2H3. The van der Waals surface area contributed by atoms with Crippen molar-refractivity contribution in [1.29, 1.82) is 0 Å². The van der Waals surface area contributed by atoms with Gasteiger partial charge in [0.25, 0.3) is 0 Å². The van der Waals surface area contributed by atoms with Crippen molar-refractivity contribution < 1.29 is 13.9 Å². The number of thioether (sulfide) groups is 1. The summed E-state index contributed by atoms with van der Waals surface area (Å²) in [6.45, 7) is 1.67. The lowest BCUT2D eigenvalue weighted by molar-refractivity contribution is -0.133. The molecular formula is C12H12FN3O2S. The van der Waals surface area contributed by atoms with Crippen LogP contribution in [0.25, 0.3) is 0 Å². The molecule has 0 aliphatic carbocycles. The van der Waals surface area contributed by atoms with Crippen LogP contribution in [0.5, 0.6) is 5.75 Å². The number of aryl methyl sites for hydroxylation is 1. The molecule has 0 bridgehead atoms. The van der Waals surface area contributed by atoms with Crippen LogP contribution in [0.15, 0.2) is 35.7 Å². The van der Waals surface area contributed by atoms with Gasteiger partial charge in [-0.15, -0.1) is 10.2 Å². The number of rotatable bonds is 4. The molecule has 0 spiro atoms. The van der Waals surface area contributed by atoms with Gasteiger partial charge in [-0.3, -0.25) is 4.79 Å². The van der Waals surface area contributed by atoms with Crippen LogP contribution in [0.3, 0.4) is 0 Å². The smallest absolute Gasteiger partial charge is 0.324 e. The molecule has 0 radical (unpaired) electrons. The predicted octanol–water partition coefficient (Wildman–Crippen LogP) is 2.04. The van der Waals surface area contributed by atoms with Crippen LogP contribution in [0.4, 0.5) is 4.39 Å². The average molecular weight is 281 g/mol. The molecule has 1 aromatic heterocycles. The summed E-state index contributed by atoms with van der Waals surface area (Å²) in [5.41, 5.74) is 0. The molecule has 1 heterocycles. The van der Waals surface area contributed by atoms with Gasteiger partial charge in [-0.1, -0.05) is 23.9 Å². The maximum absolute atomic E-state index is 13.3. The third-order valence-electron chi connectivity index (χ3n) is 2.33. The molecule has 1 unspecified atom stereocenters. The Morgan fingerprint density at radius 2 is 2.21 bits per heavy atom. The second-order valence-electron chi connectivity index (χ2n) is 3.84. The third kappa shape index (κ3) is 3.31. The van der Waals surface area contributed by atoms with Gasteiger partial charge >= 0.3 is 5.97 Å². The first-order valence-corrected chi connectivity index (χ1v) is 6.43. The van der Waals surface area contributed by atoms with Crippen molar-refractivity contribution >= 4 is 17.7 Å². The third-order valence-corrected chi connectivity index (χ3v) is 3.46. The molecule has 0 saturated heterocycles. The largest absolute Gasteiger partial charge is 0.423 e. The number of esters is 1. The summed E-state index contributed by atoms with van der Waals surface area (Å²) in [6, 6.07) is 5.78.